The van der Waals surface area contributed by atoms with E-state index in [1.54, 1.807) is 18.1 Å². The molecule has 40 heavy (non-hydrogen) atoms. The van der Waals surface area contributed by atoms with Crippen LogP contribution in [0, 0.1) is 13.8 Å². The number of hydrogen-bond donors (Lipinski definition) is 1. The van der Waals surface area contributed by atoms with Crippen LogP contribution in [0.1, 0.15) is 41.7 Å². The van der Waals surface area contributed by atoms with Crippen molar-refractivity contribution in [2.45, 2.75) is 40.7 Å². The number of carbonyl (C=O) groups excluding carboxylic acids is 1. The van der Waals surface area contributed by atoms with Gasteiger partial charge in [0.05, 0.1) is 20.3 Å². The highest BCUT2D eigenvalue weighted by molar-refractivity contribution is 7.80. The van der Waals surface area contributed by atoms with Crippen molar-refractivity contribution in [3.8, 4) is 23.0 Å². The van der Waals surface area contributed by atoms with E-state index in [-0.39, 0.29) is 5.91 Å². The second-order valence-electron chi connectivity index (χ2n) is 9.47. The molecular formula is C32H36N2O5S. The van der Waals surface area contributed by atoms with Gasteiger partial charge in [0.25, 0.3) is 5.91 Å². The topological polar surface area (TPSA) is 69.3 Å². The smallest absolute Gasteiger partial charge is 0.276 e. The van der Waals surface area contributed by atoms with Gasteiger partial charge in [-0.3, -0.25) is 9.69 Å². The Bertz CT molecular complexity index is 1420. The summed E-state index contributed by atoms with van der Waals surface area (Å²) in [6.07, 6.45) is 2.43. The molecule has 0 unspecified atom stereocenters. The fraction of sp³-hybridized carbons (Fsp3) is 0.312. The van der Waals surface area contributed by atoms with Gasteiger partial charge in [-0.25, -0.2) is 0 Å². The summed E-state index contributed by atoms with van der Waals surface area (Å²) >= 11 is 5.50. The number of ether oxygens (including phenoxy) is 4. The highest BCUT2D eigenvalue weighted by Gasteiger charge is 2.30. The zero-order chi connectivity index (χ0) is 28.6. The predicted molar refractivity (Wildman–Crippen MR) is 161 cm³/mol. The van der Waals surface area contributed by atoms with Crippen molar-refractivity contribution in [1.29, 1.82) is 0 Å². The summed E-state index contributed by atoms with van der Waals surface area (Å²) in [4.78, 5) is 14.8. The Morgan fingerprint density at radius 2 is 1.62 bits per heavy atom. The molecule has 4 rings (SSSR count). The lowest BCUT2D eigenvalue weighted by atomic mass is 10.1. The summed E-state index contributed by atoms with van der Waals surface area (Å²) in [6, 6.07) is 17.7. The summed E-state index contributed by atoms with van der Waals surface area (Å²) in [7, 11) is 1.63. The third-order valence-corrected chi connectivity index (χ3v) is 6.86. The van der Waals surface area contributed by atoms with E-state index in [4.69, 9.17) is 31.2 Å². The number of nitrogens with zero attached hydrogens (tertiary/aromatic N) is 1. The zero-order valence-corrected chi connectivity index (χ0v) is 24.5. The quantitative estimate of drug-likeness (QED) is 0.216. The number of hydrogen-bond acceptors (Lipinski definition) is 6. The minimum atomic E-state index is -0.162. The first-order valence-corrected chi connectivity index (χ1v) is 13.8. The molecule has 1 heterocycles. The fourth-order valence-electron chi connectivity index (χ4n) is 4.45. The Labute approximate surface area is 241 Å². The van der Waals surface area contributed by atoms with Crippen molar-refractivity contribution in [1.82, 2.24) is 10.2 Å². The molecular weight excluding hydrogens is 524 g/mol. The van der Waals surface area contributed by atoms with E-state index < -0.39 is 0 Å². The minimum absolute atomic E-state index is 0.162. The first-order chi connectivity index (χ1) is 19.3. The van der Waals surface area contributed by atoms with E-state index in [9.17, 15) is 4.79 Å². The molecule has 210 valence electrons. The third kappa shape index (κ3) is 6.93. The number of benzene rings is 3. The molecule has 8 heteroatoms. The van der Waals surface area contributed by atoms with E-state index in [0.29, 0.717) is 55.1 Å². The van der Waals surface area contributed by atoms with Gasteiger partial charge in [0.1, 0.15) is 23.8 Å². The number of carbonyl (C=O) groups is 1. The lowest BCUT2D eigenvalue weighted by molar-refractivity contribution is -0.122. The van der Waals surface area contributed by atoms with Crippen LogP contribution in [-0.4, -0.2) is 42.8 Å². The van der Waals surface area contributed by atoms with E-state index in [2.05, 4.69) is 11.4 Å². The Balaban J connectivity index is 1.46. The highest BCUT2D eigenvalue weighted by atomic mass is 32.1. The molecule has 3 aromatic carbocycles. The molecule has 1 N–H and O–H groups in total. The molecule has 0 spiro atoms. The third-order valence-electron chi connectivity index (χ3n) is 6.54. The monoisotopic (exact) mass is 560 g/mol. The zero-order valence-electron chi connectivity index (χ0n) is 23.7. The maximum Gasteiger partial charge on any atom is 0.276 e. The van der Waals surface area contributed by atoms with E-state index in [1.165, 1.54) is 0 Å². The molecule has 7 nitrogen and oxygen atoms in total. The molecule has 1 aliphatic heterocycles. The van der Waals surface area contributed by atoms with Gasteiger partial charge in [0.15, 0.2) is 16.6 Å². The standard InChI is InChI=1S/C32H36N2O5S/c1-6-37-28-13-10-23(19-30(28)38-7-2)14-15-34-31(35)26(33-32(34)40)18-24-11-12-27(36-5)25(17-24)20-39-29-16-21(3)8-9-22(29)4/h8-13,16-19H,6-7,14-15,20H2,1-5H3,(H,33,40)/b26-18+. The number of methoxy groups -OCH3 is 1. The van der Waals surface area contributed by atoms with Crippen LogP contribution in [0.25, 0.3) is 6.08 Å². The summed E-state index contributed by atoms with van der Waals surface area (Å²) in [6.45, 7) is 9.82. The van der Waals surface area contributed by atoms with Crippen molar-refractivity contribution in [2.75, 3.05) is 26.9 Å². The molecule has 0 bridgehead atoms. The number of amides is 1. The average Bonchev–Trinajstić information content (AvgIpc) is 3.21. The normalized spacial score (nSPS) is 13.9. The van der Waals surface area contributed by atoms with Crippen molar-refractivity contribution in [2.24, 2.45) is 0 Å². The van der Waals surface area contributed by atoms with Crippen molar-refractivity contribution >= 4 is 29.3 Å². The highest BCUT2D eigenvalue weighted by Crippen LogP contribution is 2.29. The summed E-state index contributed by atoms with van der Waals surface area (Å²) in [5.74, 6) is 2.81. The number of rotatable bonds is 12. The van der Waals surface area contributed by atoms with Crippen LogP contribution < -0.4 is 24.3 Å². The maximum absolute atomic E-state index is 13.3. The second kappa shape index (κ2) is 13.3. The van der Waals surface area contributed by atoms with Crippen molar-refractivity contribution in [3.05, 3.63) is 88.1 Å². The Morgan fingerprint density at radius 1 is 0.875 bits per heavy atom. The number of aryl methyl sites for hydroxylation is 2. The van der Waals surface area contributed by atoms with E-state index in [0.717, 1.165) is 39.3 Å². The Kier molecular flexibility index (Phi) is 9.66. The number of nitrogens with one attached hydrogen (secondary N) is 1. The van der Waals surface area contributed by atoms with Gasteiger partial charge in [-0.15, -0.1) is 0 Å². The van der Waals surface area contributed by atoms with Crippen LogP contribution in [0.4, 0.5) is 0 Å². The first-order valence-electron chi connectivity index (χ1n) is 13.4. The van der Waals surface area contributed by atoms with Gasteiger partial charge >= 0.3 is 0 Å². The molecule has 3 aromatic rings. The van der Waals surface area contributed by atoms with Gasteiger partial charge in [-0.1, -0.05) is 24.3 Å². The van der Waals surface area contributed by atoms with E-state index in [1.807, 2.05) is 76.2 Å². The Hall–Kier alpha value is -4.04. The van der Waals surface area contributed by atoms with Crippen molar-refractivity contribution < 1.29 is 23.7 Å². The van der Waals surface area contributed by atoms with Gasteiger partial charge in [0.2, 0.25) is 0 Å². The Morgan fingerprint density at radius 3 is 2.38 bits per heavy atom. The molecule has 1 saturated heterocycles. The largest absolute Gasteiger partial charge is 0.496 e. The SMILES string of the molecule is CCOc1ccc(CCN2C(=O)/C(=C\c3ccc(OC)c(COc4cc(C)ccc4C)c3)NC2=S)cc1OCC. The van der Waals surface area contributed by atoms with Gasteiger partial charge in [-0.05, 0) is 105 Å². The van der Waals surface area contributed by atoms with E-state index >= 15 is 0 Å². The summed E-state index contributed by atoms with van der Waals surface area (Å²) in [5, 5.41) is 3.47. The van der Waals surface area contributed by atoms with Gasteiger partial charge in [-0.2, -0.15) is 0 Å². The van der Waals surface area contributed by atoms with Crippen LogP contribution in [-0.2, 0) is 17.8 Å². The van der Waals surface area contributed by atoms with Crippen LogP contribution >= 0.6 is 12.2 Å². The van der Waals surface area contributed by atoms with Crippen LogP contribution in [0.2, 0.25) is 0 Å². The fourth-order valence-corrected chi connectivity index (χ4v) is 4.74. The van der Waals surface area contributed by atoms with Crippen LogP contribution in [0.5, 0.6) is 23.0 Å². The second-order valence-corrected chi connectivity index (χ2v) is 9.86. The average molecular weight is 561 g/mol. The van der Waals surface area contributed by atoms with Crippen LogP contribution in [0.15, 0.2) is 60.3 Å². The molecule has 0 saturated carbocycles. The molecule has 1 fully saturated rings. The maximum atomic E-state index is 13.3. The van der Waals surface area contributed by atoms with Gasteiger partial charge < -0.3 is 24.3 Å². The molecule has 1 aliphatic rings. The van der Waals surface area contributed by atoms with Crippen molar-refractivity contribution in [3.63, 3.8) is 0 Å². The van der Waals surface area contributed by atoms with Gasteiger partial charge in [0, 0.05) is 12.1 Å². The number of thiocarbonyl (C=S) groups is 1. The minimum Gasteiger partial charge on any atom is -0.496 e. The molecule has 0 atom stereocenters. The molecule has 0 radical (unpaired) electrons. The summed E-state index contributed by atoms with van der Waals surface area (Å²) in [5.41, 5.74) is 5.38. The lowest BCUT2D eigenvalue weighted by Gasteiger charge is -2.16. The first kappa shape index (κ1) is 29.0. The molecule has 1 amide bonds. The van der Waals surface area contributed by atoms with Crippen LogP contribution in [0.3, 0.4) is 0 Å². The summed E-state index contributed by atoms with van der Waals surface area (Å²) < 4.78 is 23.1. The lowest BCUT2D eigenvalue weighted by Crippen LogP contribution is -2.32. The molecule has 0 aromatic heterocycles. The predicted octanol–water partition coefficient (Wildman–Crippen LogP) is 5.99. The molecule has 0 aliphatic carbocycles.